The summed E-state index contributed by atoms with van der Waals surface area (Å²) in [5.74, 6) is -0.477. The monoisotopic (exact) mass is 278 g/mol. The van der Waals surface area contributed by atoms with Crippen LogP contribution in [0.2, 0.25) is 0 Å². The van der Waals surface area contributed by atoms with Gasteiger partial charge >= 0.3 is 6.18 Å². The van der Waals surface area contributed by atoms with E-state index in [-0.39, 0.29) is 11.9 Å². The van der Waals surface area contributed by atoms with Crippen molar-refractivity contribution in [3.63, 3.8) is 0 Å². The van der Waals surface area contributed by atoms with Gasteiger partial charge in [-0.05, 0) is 11.8 Å². The van der Waals surface area contributed by atoms with E-state index >= 15 is 0 Å². The van der Waals surface area contributed by atoms with Crippen LogP contribution in [0.25, 0.3) is 0 Å². The van der Waals surface area contributed by atoms with Gasteiger partial charge in [0.05, 0.1) is 0 Å². The van der Waals surface area contributed by atoms with E-state index in [2.05, 4.69) is 4.74 Å². The molecule has 2 atom stereocenters. The van der Waals surface area contributed by atoms with E-state index in [1.807, 2.05) is 0 Å². The summed E-state index contributed by atoms with van der Waals surface area (Å²) in [4.78, 5) is 10.2. The highest BCUT2D eigenvalue weighted by Gasteiger charge is 2.66. The molecule has 0 radical (unpaired) electrons. The van der Waals surface area contributed by atoms with Gasteiger partial charge in [-0.3, -0.25) is 4.79 Å². The van der Waals surface area contributed by atoms with Crippen LogP contribution in [0.3, 0.4) is 0 Å². The molecule has 0 aromatic carbocycles. The molecule has 0 aromatic rings. The van der Waals surface area contributed by atoms with E-state index in [1.54, 1.807) is 13.8 Å². The lowest BCUT2D eigenvalue weighted by molar-refractivity contribution is -0.174. The van der Waals surface area contributed by atoms with Crippen molar-refractivity contribution in [2.45, 2.75) is 36.9 Å². The molecule has 0 aliphatic heterocycles. The van der Waals surface area contributed by atoms with Crippen LogP contribution in [0, 0.1) is 11.3 Å². The van der Waals surface area contributed by atoms with Gasteiger partial charge in [-0.25, -0.2) is 0 Å². The Hall–Kier alpha value is -0.160. The van der Waals surface area contributed by atoms with Crippen LogP contribution < -0.4 is 0 Å². The average molecular weight is 279 g/mol. The van der Waals surface area contributed by atoms with E-state index in [4.69, 9.17) is 23.2 Å². The van der Waals surface area contributed by atoms with Gasteiger partial charge in [-0.2, -0.15) is 13.2 Å². The minimum atomic E-state index is -4.84. The third-order valence-corrected chi connectivity index (χ3v) is 3.75. The van der Waals surface area contributed by atoms with Gasteiger partial charge in [0, 0.05) is 5.92 Å². The van der Waals surface area contributed by atoms with Crippen molar-refractivity contribution < 1.29 is 22.7 Å². The normalized spacial score (nSPS) is 26.1. The highest BCUT2D eigenvalue weighted by atomic mass is 35.5. The van der Waals surface area contributed by atoms with Crippen molar-refractivity contribution in [2.75, 3.05) is 0 Å². The van der Waals surface area contributed by atoms with Crippen LogP contribution in [0.4, 0.5) is 13.2 Å². The van der Waals surface area contributed by atoms with Crippen LogP contribution in [0.5, 0.6) is 0 Å². The Kier molecular flexibility index (Phi) is 3.43. The second kappa shape index (κ2) is 3.95. The zero-order chi connectivity index (χ0) is 12.8. The van der Waals surface area contributed by atoms with Gasteiger partial charge in [0.25, 0.3) is 6.47 Å². The Morgan fingerprint density at radius 2 is 1.88 bits per heavy atom. The topological polar surface area (TPSA) is 26.3 Å². The zero-order valence-electron chi connectivity index (χ0n) is 8.65. The zero-order valence-corrected chi connectivity index (χ0v) is 10.2. The quantitative estimate of drug-likeness (QED) is 0.583. The van der Waals surface area contributed by atoms with Crippen molar-refractivity contribution in [1.29, 1.82) is 0 Å². The van der Waals surface area contributed by atoms with Crippen LogP contribution in [-0.2, 0) is 9.53 Å². The number of halogens is 5. The second-order valence-corrected chi connectivity index (χ2v) is 5.96. The van der Waals surface area contributed by atoms with E-state index in [0.29, 0.717) is 6.42 Å². The average Bonchev–Trinajstić information content (AvgIpc) is 2.68. The Balaban J connectivity index is 2.91. The number of rotatable bonds is 4. The first kappa shape index (κ1) is 13.9. The Bertz CT molecular complexity index is 289. The maximum atomic E-state index is 12.6. The summed E-state index contributed by atoms with van der Waals surface area (Å²) in [5.41, 5.74) is -0.339. The van der Waals surface area contributed by atoms with Crippen LogP contribution in [0.1, 0.15) is 20.3 Å². The van der Waals surface area contributed by atoms with Gasteiger partial charge in [-0.1, -0.05) is 37.0 Å². The number of alkyl halides is 5. The highest BCUT2D eigenvalue weighted by molar-refractivity contribution is 6.49. The van der Waals surface area contributed by atoms with Crippen molar-refractivity contribution >= 4 is 29.7 Å². The molecule has 0 bridgehead atoms. The lowest BCUT2D eigenvalue weighted by Crippen LogP contribution is -2.48. The van der Waals surface area contributed by atoms with Gasteiger partial charge in [0.15, 0.2) is 0 Å². The molecule has 7 heteroatoms. The van der Waals surface area contributed by atoms with E-state index in [1.165, 1.54) is 0 Å². The second-order valence-electron chi connectivity index (χ2n) is 4.57. The third-order valence-electron chi connectivity index (χ3n) is 2.89. The number of carbonyl (C=O) groups excluding carboxylic acids is 1. The molecule has 2 nitrogen and oxygen atoms in total. The van der Waals surface area contributed by atoms with Gasteiger partial charge in [0.2, 0.25) is 4.33 Å². The van der Waals surface area contributed by atoms with Crippen LogP contribution in [0.15, 0.2) is 0 Å². The van der Waals surface area contributed by atoms with E-state index < -0.39 is 22.5 Å². The van der Waals surface area contributed by atoms with Crippen molar-refractivity contribution in [3.05, 3.63) is 0 Å². The summed E-state index contributed by atoms with van der Waals surface area (Å²) in [6.07, 6.45) is -5.92. The maximum absolute atomic E-state index is 12.6. The molecule has 1 fully saturated rings. The molecule has 1 saturated carbocycles. The number of hydrogen-bond acceptors (Lipinski definition) is 2. The Labute approximate surface area is 101 Å². The first-order valence-corrected chi connectivity index (χ1v) is 5.33. The van der Waals surface area contributed by atoms with E-state index in [0.717, 1.165) is 0 Å². The standard InChI is InChI=1S/C9H11Cl2F3O2/c1-7(2)3-5(7)6(16-4-15)8(10,11)9(12,13)14/h4-6H,3H2,1-2H3/t5-,6?/m0/s1. The fourth-order valence-electron chi connectivity index (χ4n) is 1.68. The number of ether oxygens (including phenoxy) is 1. The summed E-state index contributed by atoms with van der Waals surface area (Å²) in [7, 11) is 0. The molecule has 0 heterocycles. The summed E-state index contributed by atoms with van der Waals surface area (Å²) >= 11 is 10.6. The molecule has 94 valence electrons. The SMILES string of the molecule is CC1(C)C[C@H]1C(OC=O)C(Cl)(Cl)C(F)(F)F. The largest absolute Gasteiger partial charge is 0.461 e. The molecule has 0 spiro atoms. The fraction of sp³-hybridized carbons (Fsp3) is 0.889. The first-order chi connectivity index (χ1) is 7.04. The van der Waals surface area contributed by atoms with Gasteiger partial charge < -0.3 is 4.74 Å². The third kappa shape index (κ3) is 2.40. The molecule has 0 N–H and O–H groups in total. The molecular weight excluding hydrogens is 268 g/mol. The minimum Gasteiger partial charge on any atom is -0.461 e. The molecule has 0 amide bonds. The Morgan fingerprint density at radius 3 is 2.12 bits per heavy atom. The lowest BCUT2D eigenvalue weighted by Gasteiger charge is -2.31. The maximum Gasteiger partial charge on any atom is 0.425 e. The van der Waals surface area contributed by atoms with Crippen LogP contribution >= 0.6 is 23.2 Å². The Morgan fingerprint density at radius 1 is 1.44 bits per heavy atom. The first-order valence-electron chi connectivity index (χ1n) is 4.57. The smallest absolute Gasteiger partial charge is 0.425 e. The van der Waals surface area contributed by atoms with Crippen molar-refractivity contribution in [3.8, 4) is 0 Å². The molecular formula is C9H11Cl2F3O2. The number of hydrogen-bond donors (Lipinski definition) is 0. The van der Waals surface area contributed by atoms with Crippen LogP contribution in [-0.4, -0.2) is 23.1 Å². The van der Waals surface area contributed by atoms with Crippen molar-refractivity contribution in [2.24, 2.45) is 11.3 Å². The lowest BCUT2D eigenvalue weighted by atomic mass is 10.0. The summed E-state index contributed by atoms with van der Waals surface area (Å²) in [6.45, 7) is 3.47. The predicted octanol–water partition coefficient (Wildman–Crippen LogP) is 3.31. The summed E-state index contributed by atoms with van der Waals surface area (Å²) in [6, 6.07) is 0. The highest BCUT2D eigenvalue weighted by Crippen LogP contribution is 2.60. The number of carbonyl (C=O) groups is 1. The minimum absolute atomic E-state index is 0.0513. The molecule has 0 saturated heterocycles. The van der Waals surface area contributed by atoms with E-state index in [9.17, 15) is 18.0 Å². The van der Waals surface area contributed by atoms with Crippen molar-refractivity contribution in [1.82, 2.24) is 0 Å². The predicted molar refractivity (Wildman–Crippen MR) is 53.3 cm³/mol. The molecule has 1 aliphatic carbocycles. The van der Waals surface area contributed by atoms with Gasteiger partial charge in [0.1, 0.15) is 6.10 Å². The molecule has 1 aliphatic rings. The summed E-state index contributed by atoms with van der Waals surface area (Å²) < 4.78 is 39.1. The summed E-state index contributed by atoms with van der Waals surface area (Å²) in [5, 5.41) is 0. The fourth-order valence-corrected chi connectivity index (χ4v) is 2.09. The molecule has 0 aromatic heterocycles. The molecule has 16 heavy (non-hydrogen) atoms. The van der Waals surface area contributed by atoms with Gasteiger partial charge in [-0.15, -0.1) is 0 Å². The molecule has 1 rings (SSSR count). The molecule has 1 unspecified atom stereocenters.